The van der Waals surface area contributed by atoms with Gasteiger partial charge in [0, 0.05) is 0 Å². The molecule has 11 heteroatoms. The number of hydrogen-bond acceptors (Lipinski definition) is 1. The van der Waals surface area contributed by atoms with Crippen molar-refractivity contribution in [1.82, 2.24) is 0 Å². The normalized spacial score (nSPS) is 14.8. The molecule has 0 amide bonds. The maximum absolute atomic E-state index is 12.1. The van der Waals surface area contributed by atoms with Crippen molar-refractivity contribution < 1.29 is 43.1 Å². The standard InChI is InChI=1S/C4H3F9OSi/c5-2(6)4(9,10)3(7,8)1-14-15(11,12)13/h2H,1H2. The van der Waals surface area contributed by atoms with E-state index in [0.717, 1.165) is 0 Å². The summed E-state index contributed by atoms with van der Waals surface area (Å²) in [7, 11) is -6.94. The van der Waals surface area contributed by atoms with Gasteiger partial charge in [-0.2, -0.15) is 17.6 Å². The van der Waals surface area contributed by atoms with E-state index in [1.165, 1.54) is 0 Å². The summed E-state index contributed by atoms with van der Waals surface area (Å²) in [6, 6.07) is 0. The molecule has 0 aromatic rings. The smallest absolute Gasteiger partial charge is 0.336 e. The molecule has 92 valence electrons. The zero-order valence-electron chi connectivity index (χ0n) is 6.59. The summed E-state index contributed by atoms with van der Waals surface area (Å²) in [6.45, 7) is -2.81. The Balaban J connectivity index is 4.55. The molecule has 0 rings (SSSR count). The van der Waals surface area contributed by atoms with Crippen molar-refractivity contribution in [3.05, 3.63) is 0 Å². The van der Waals surface area contributed by atoms with Gasteiger partial charge in [-0.15, -0.1) is 0 Å². The van der Waals surface area contributed by atoms with E-state index < -0.39 is 34.2 Å². The van der Waals surface area contributed by atoms with Gasteiger partial charge >= 0.3 is 27.6 Å². The van der Waals surface area contributed by atoms with Crippen molar-refractivity contribution in [2.24, 2.45) is 0 Å². The summed E-state index contributed by atoms with van der Waals surface area (Å²) in [5, 5.41) is 0. The number of alkyl halides is 6. The lowest BCUT2D eigenvalue weighted by Gasteiger charge is -2.25. The zero-order chi connectivity index (χ0) is 12.5. The van der Waals surface area contributed by atoms with Gasteiger partial charge in [-0.05, 0) is 0 Å². The van der Waals surface area contributed by atoms with Crippen molar-refractivity contribution >= 4 is 9.32 Å². The molecule has 15 heavy (non-hydrogen) atoms. The maximum Gasteiger partial charge on any atom is 0.802 e. The van der Waals surface area contributed by atoms with Gasteiger partial charge in [0.05, 0.1) is 0 Å². The van der Waals surface area contributed by atoms with Crippen molar-refractivity contribution in [3.8, 4) is 0 Å². The lowest BCUT2D eigenvalue weighted by molar-refractivity contribution is -0.274. The fraction of sp³-hybridized carbons (Fsp3) is 1.00. The van der Waals surface area contributed by atoms with Crippen molar-refractivity contribution in [3.63, 3.8) is 0 Å². The van der Waals surface area contributed by atoms with E-state index in [1.807, 2.05) is 0 Å². The van der Waals surface area contributed by atoms with Gasteiger partial charge in [-0.3, -0.25) is 0 Å². The Morgan fingerprint density at radius 3 is 1.67 bits per heavy atom. The van der Waals surface area contributed by atoms with Crippen LogP contribution in [-0.4, -0.2) is 34.2 Å². The van der Waals surface area contributed by atoms with Crippen LogP contribution in [0.5, 0.6) is 0 Å². The van der Waals surface area contributed by atoms with Crippen LogP contribution in [0.15, 0.2) is 0 Å². The third-order valence-corrected chi connectivity index (χ3v) is 1.65. The van der Waals surface area contributed by atoms with E-state index >= 15 is 0 Å². The van der Waals surface area contributed by atoms with Gasteiger partial charge in [-0.1, -0.05) is 0 Å². The Bertz CT molecular complexity index is 211. The van der Waals surface area contributed by atoms with Crippen LogP contribution in [0.1, 0.15) is 0 Å². The Morgan fingerprint density at radius 1 is 1.00 bits per heavy atom. The summed E-state index contributed by atoms with van der Waals surface area (Å²) in [5.41, 5.74) is 0. The average Bonchev–Trinajstić information content (AvgIpc) is 1.99. The first kappa shape index (κ1) is 14.5. The van der Waals surface area contributed by atoms with Gasteiger partial charge in [0.25, 0.3) is 0 Å². The summed E-state index contributed by atoms with van der Waals surface area (Å²) in [4.78, 5) is 0. The highest BCUT2D eigenvalue weighted by Crippen LogP contribution is 2.39. The first-order valence-electron chi connectivity index (χ1n) is 3.14. The van der Waals surface area contributed by atoms with Crippen LogP contribution in [0, 0.1) is 0 Å². The second-order valence-electron chi connectivity index (χ2n) is 2.36. The third kappa shape index (κ3) is 3.89. The first-order valence-corrected chi connectivity index (χ1v) is 4.69. The largest absolute Gasteiger partial charge is 0.802 e. The molecular weight excluding hydrogens is 263 g/mol. The molecule has 0 fully saturated rings. The molecule has 0 saturated carbocycles. The predicted molar refractivity (Wildman–Crippen MR) is 30.9 cm³/mol. The molecule has 0 N–H and O–H groups in total. The minimum atomic E-state index is -6.94. The third-order valence-electron chi connectivity index (χ3n) is 1.18. The van der Waals surface area contributed by atoms with Crippen LogP contribution in [0.3, 0.4) is 0 Å². The van der Waals surface area contributed by atoms with Gasteiger partial charge in [0.2, 0.25) is 0 Å². The Labute approximate surface area is 78.5 Å². The van der Waals surface area contributed by atoms with Crippen LogP contribution in [-0.2, 0) is 4.43 Å². The van der Waals surface area contributed by atoms with E-state index in [0.29, 0.717) is 0 Å². The predicted octanol–water partition coefficient (Wildman–Crippen LogP) is 2.88. The summed E-state index contributed by atoms with van der Waals surface area (Å²) < 4.78 is 107. The molecule has 0 aromatic heterocycles. The molecule has 0 bridgehead atoms. The lowest BCUT2D eigenvalue weighted by Crippen LogP contribution is -2.50. The van der Waals surface area contributed by atoms with Crippen molar-refractivity contribution in [1.29, 1.82) is 0 Å². The number of hydrogen-bond donors (Lipinski definition) is 0. The molecule has 0 aliphatic heterocycles. The lowest BCUT2D eigenvalue weighted by atomic mass is 10.2. The van der Waals surface area contributed by atoms with Crippen LogP contribution in [0.4, 0.5) is 38.7 Å². The summed E-state index contributed by atoms with van der Waals surface area (Å²) in [5.74, 6) is -11.4. The molecule has 0 aromatic carbocycles. The summed E-state index contributed by atoms with van der Waals surface area (Å²) in [6.07, 6.45) is -4.77. The van der Waals surface area contributed by atoms with Crippen molar-refractivity contribution in [2.45, 2.75) is 18.3 Å². The van der Waals surface area contributed by atoms with Crippen LogP contribution >= 0.6 is 0 Å². The molecule has 0 atom stereocenters. The highest BCUT2D eigenvalue weighted by Gasteiger charge is 2.64. The molecule has 0 radical (unpaired) electrons. The molecule has 0 unspecified atom stereocenters. The number of rotatable bonds is 5. The maximum atomic E-state index is 12.1. The Morgan fingerprint density at radius 2 is 1.40 bits per heavy atom. The fourth-order valence-corrected chi connectivity index (χ4v) is 0.773. The highest BCUT2D eigenvalue weighted by atomic mass is 28.5. The van der Waals surface area contributed by atoms with Crippen molar-refractivity contribution in [2.75, 3.05) is 6.61 Å². The van der Waals surface area contributed by atoms with Gasteiger partial charge < -0.3 is 4.43 Å². The number of halogens is 9. The highest BCUT2D eigenvalue weighted by molar-refractivity contribution is 6.51. The van der Waals surface area contributed by atoms with E-state index in [9.17, 15) is 38.7 Å². The van der Waals surface area contributed by atoms with Crippen LogP contribution in [0.25, 0.3) is 0 Å². The molecule has 0 saturated heterocycles. The van der Waals surface area contributed by atoms with Gasteiger partial charge in [-0.25, -0.2) is 21.1 Å². The molecule has 0 heterocycles. The minimum absolute atomic E-state index is 2.51. The van der Waals surface area contributed by atoms with E-state index in [4.69, 9.17) is 0 Å². The SMILES string of the molecule is FC(F)C(F)(F)C(F)(F)CO[Si](F)(F)F. The minimum Gasteiger partial charge on any atom is -0.336 e. The van der Waals surface area contributed by atoms with E-state index in [-0.39, 0.29) is 0 Å². The summed E-state index contributed by atoms with van der Waals surface area (Å²) >= 11 is 0. The quantitative estimate of drug-likeness (QED) is 0.422. The molecular formula is C4H3F9OSi. The molecule has 0 aliphatic rings. The second-order valence-corrected chi connectivity index (χ2v) is 3.54. The van der Waals surface area contributed by atoms with Gasteiger partial charge in [0.1, 0.15) is 6.61 Å². The van der Waals surface area contributed by atoms with E-state index in [2.05, 4.69) is 4.43 Å². The van der Waals surface area contributed by atoms with Crippen LogP contribution in [0.2, 0.25) is 0 Å². The van der Waals surface area contributed by atoms with E-state index in [1.54, 1.807) is 0 Å². The fourth-order valence-electron chi connectivity index (χ4n) is 0.428. The molecule has 1 nitrogen and oxygen atoms in total. The molecule has 0 spiro atoms. The first-order chi connectivity index (χ1) is 6.40. The topological polar surface area (TPSA) is 9.23 Å². The zero-order valence-corrected chi connectivity index (χ0v) is 7.59. The molecule has 0 aliphatic carbocycles. The monoisotopic (exact) mass is 266 g/mol. The Hall–Kier alpha value is -0.453. The second kappa shape index (κ2) is 4.20. The Kier molecular flexibility index (Phi) is 4.07. The van der Waals surface area contributed by atoms with Crippen LogP contribution < -0.4 is 0 Å². The average molecular weight is 266 g/mol. The van der Waals surface area contributed by atoms with Gasteiger partial charge in [0.15, 0.2) is 0 Å².